The second-order valence-electron chi connectivity index (χ2n) is 4.25. The van der Waals surface area contributed by atoms with Crippen molar-refractivity contribution in [3.8, 4) is 0 Å². The van der Waals surface area contributed by atoms with E-state index < -0.39 is 23.3 Å². The first kappa shape index (κ1) is 14.3. The Balaban J connectivity index is 2.57. The fraction of sp³-hybridized carbons (Fsp3) is 0.333. The van der Waals surface area contributed by atoms with Gasteiger partial charge in [-0.1, -0.05) is 13.0 Å². The number of H-pyrrole nitrogens is 2. The molecule has 0 aliphatic rings. The molecule has 0 amide bonds. The fourth-order valence-electron chi connectivity index (χ4n) is 1.94. The van der Waals surface area contributed by atoms with Gasteiger partial charge in [0.05, 0.1) is 11.0 Å². The number of aromatic amines is 2. The third-order valence-corrected chi connectivity index (χ3v) is 2.82. The van der Waals surface area contributed by atoms with Crippen molar-refractivity contribution in [2.75, 3.05) is 6.54 Å². The van der Waals surface area contributed by atoms with E-state index in [1.54, 1.807) is 6.92 Å². The highest BCUT2D eigenvalue weighted by molar-refractivity contribution is 5.74. The van der Waals surface area contributed by atoms with E-state index in [0.717, 1.165) is 0 Å². The number of aromatic nitrogens is 2. The van der Waals surface area contributed by atoms with Crippen LogP contribution in [-0.2, 0) is 0 Å². The first-order chi connectivity index (χ1) is 9.32. The molecule has 0 spiro atoms. The van der Waals surface area contributed by atoms with E-state index in [1.807, 2.05) is 0 Å². The van der Waals surface area contributed by atoms with Crippen LogP contribution in [0.5, 0.6) is 0 Å². The highest BCUT2D eigenvalue weighted by Gasteiger charge is 2.40. The van der Waals surface area contributed by atoms with Gasteiger partial charge in [-0.2, -0.15) is 13.2 Å². The van der Waals surface area contributed by atoms with E-state index in [-0.39, 0.29) is 23.1 Å². The lowest BCUT2D eigenvalue weighted by Gasteiger charge is -2.21. The van der Waals surface area contributed by atoms with Gasteiger partial charge < -0.3 is 15.3 Å². The quantitative estimate of drug-likeness (QED) is 0.747. The molecule has 1 heterocycles. The Morgan fingerprint density at radius 3 is 2.30 bits per heavy atom. The number of alkyl halides is 3. The van der Waals surface area contributed by atoms with Gasteiger partial charge in [-0.05, 0) is 24.2 Å². The Hall–Kier alpha value is -2.09. The molecule has 2 aromatic rings. The molecule has 3 N–H and O–H groups in total. The molecule has 0 radical (unpaired) electrons. The number of nitrogens with one attached hydrogen (secondary N) is 3. The van der Waals surface area contributed by atoms with E-state index in [4.69, 9.17) is 0 Å². The molecule has 8 heteroatoms. The zero-order chi connectivity index (χ0) is 14.9. The Kier molecular flexibility index (Phi) is 3.67. The average molecular weight is 287 g/mol. The predicted octanol–water partition coefficient (Wildman–Crippen LogP) is 1.43. The number of rotatable bonds is 3. The molecule has 1 atom stereocenters. The maximum atomic E-state index is 12.9. The topological polar surface area (TPSA) is 77.8 Å². The SMILES string of the molecule is CCNC(c1ccc2[nH]c(=O)c(=O)[nH]c2c1)C(F)(F)F. The smallest absolute Gasteiger partial charge is 0.316 e. The van der Waals surface area contributed by atoms with Crippen LogP contribution in [0.4, 0.5) is 13.2 Å². The summed E-state index contributed by atoms with van der Waals surface area (Å²) in [6.45, 7) is 1.71. The van der Waals surface area contributed by atoms with Crippen LogP contribution in [-0.4, -0.2) is 22.7 Å². The maximum absolute atomic E-state index is 12.9. The van der Waals surface area contributed by atoms with Crippen molar-refractivity contribution in [1.29, 1.82) is 0 Å². The van der Waals surface area contributed by atoms with Crippen LogP contribution >= 0.6 is 0 Å². The third kappa shape index (κ3) is 2.74. The van der Waals surface area contributed by atoms with Gasteiger partial charge in [0.25, 0.3) is 0 Å². The molecule has 0 saturated carbocycles. The largest absolute Gasteiger partial charge is 0.407 e. The van der Waals surface area contributed by atoms with E-state index in [9.17, 15) is 22.8 Å². The number of hydrogen-bond acceptors (Lipinski definition) is 3. The summed E-state index contributed by atoms with van der Waals surface area (Å²) >= 11 is 0. The molecule has 0 saturated heterocycles. The Bertz CT molecular complexity index is 733. The van der Waals surface area contributed by atoms with E-state index in [0.29, 0.717) is 0 Å². The molecule has 5 nitrogen and oxygen atoms in total. The molecular weight excluding hydrogens is 275 g/mol. The molecule has 0 aliphatic carbocycles. The molecule has 1 aromatic carbocycles. The van der Waals surface area contributed by atoms with Gasteiger partial charge in [-0.3, -0.25) is 9.59 Å². The highest BCUT2D eigenvalue weighted by Crippen LogP contribution is 2.33. The summed E-state index contributed by atoms with van der Waals surface area (Å²) < 4.78 is 38.8. The van der Waals surface area contributed by atoms with Crippen molar-refractivity contribution in [3.05, 3.63) is 44.5 Å². The van der Waals surface area contributed by atoms with Gasteiger partial charge in [0.2, 0.25) is 0 Å². The Morgan fingerprint density at radius 1 is 1.15 bits per heavy atom. The zero-order valence-electron chi connectivity index (χ0n) is 10.5. The average Bonchev–Trinajstić information content (AvgIpc) is 2.35. The van der Waals surface area contributed by atoms with Crippen LogP contribution in [0.2, 0.25) is 0 Å². The van der Waals surface area contributed by atoms with Crippen LogP contribution in [0.1, 0.15) is 18.5 Å². The first-order valence-corrected chi connectivity index (χ1v) is 5.89. The Morgan fingerprint density at radius 2 is 1.75 bits per heavy atom. The van der Waals surface area contributed by atoms with Crippen molar-refractivity contribution < 1.29 is 13.2 Å². The minimum absolute atomic E-state index is 0.0328. The van der Waals surface area contributed by atoms with Gasteiger partial charge in [0, 0.05) is 0 Å². The van der Waals surface area contributed by atoms with Crippen LogP contribution in [0.25, 0.3) is 11.0 Å². The highest BCUT2D eigenvalue weighted by atomic mass is 19.4. The lowest BCUT2D eigenvalue weighted by Crippen LogP contribution is -2.34. The van der Waals surface area contributed by atoms with E-state index >= 15 is 0 Å². The van der Waals surface area contributed by atoms with Gasteiger partial charge in [0.15, 0.2) is 0 Å². The van der Waals surface area contributed by atoms with Crippen molar-refractivity contribution in [2.45, 2.75) is 19.1 Å². The maximum Gasteiger partial charge on any atom is 0.407 e. The normalized spacial score (nSPS) is 13.6. The fourth-order valence-corrected chi connectivity index (χ4v) is 1.94. The van der Waals surface area contributed by atoms with Crippen molar-refractivity contribution in [3.63, 3.8) is 0 Å². The molecule has 0 fully saturated rings. The lowest BCUT2D eigenvalue weighted by atomic mass is 10.1. The summed E-state index contributed by atoms with van der Waals surface area (Å²) in [6, 6.07) is 1.97. The molecule has 1 aromatic heterocycles. The molecule has 0 aliphatic heterocycles. The Labute approximate surface area is 110 Å². The minimum atomic E-state index is -4.45. The van der Waals surface area contributed by atoms with Gasteiger partial charge in [-0.15, -0.1) is 0 Å². The number of halogens is 3. The van der Waals surface area contributed by atoms with Crippen LogP contribution in [0.3, 0.4) is 0 Å². The number of fused-ring (bicyclic) bond motifs is 1. The van der Waals surface area contributed by atoms with Gasteiger partial charge in [-0.25, -0.2) is 0 Å². The molecule has 2 rings (SSSR count). The van der Waals surface area contributed by atoms with E-state index in [2.05, 4.69) is 15.3 Å². The van der Waals surface area contributed by atoms with Crippen molar-refractivity contribution in [1.82, 2.24) is 15.3 Å². The monoisotopic (exact) mass is 287 g/mol. The number of hydrogen-bond donors (Lipinski definition) is 3. The van der Waals surface area contributed by atoms with Crippen LogP contribution in [0.15, 0.2) is 27.8 Å². The van der Waals surface area contributed by atoms with Crippen molar-refractivity contribution >= 4 is 11.0 Å². The van der Waals surface area contributed by atoms with E-state index in [1.165, 1.54) is 18.2 Å². The second-order valence-corrected chi connectivity index (χ2v) is 4.25. The minimum Gasteiger partial charge on any atom is -0.316 e. The standard InChI is InChI=1S/C12H12F3N3O2/c1-2-16-9(12(13,14)15)6-3-4-7-8(5-6)18-11(20)10(19)17-7/h3-5,9,16H,2H2,1H3,(H,17,19)(H,18,20). The predicted molar refractivity (Wildman–Crippen MR) is 67.7 cm³/mol. The summed E-state index contributed by atoms with van der Waals surface area (Å²) in [6.07, 6.45) is -4.45. The molecule has 0 bridgehead atoms. The van der Waals surface area contributed by atoms with Crippen LogP contribution in [0, 0.1) is 0 Å². The van der Waals surface area contributed by atoms with Gasteiger partial charge in [0.1, 0.15) is 6.04 Å². The zero-order valence-corrected chi connectivity index (χ0v) is 10.5. The lowest BCUT2D eigenvalue weighted by molar-refractivity contribution is -0.157. The summed E-state index contributed by atoms with van der Waals surface area (Å²) in [5, 5.41) is 2.34. The summed E-state index contributed by atoms with van der Waals surface area (Å²) in [5.74, 6) is 0. The summed E-state index contributed by atoms with van der Waals surface area (Å²) in [4.78, 5) is 26.9. The first-order valence-electron chi connectivity index (χ1n) is 5.89. The van der Waals surface area contributed by atoms with Crippen molar-refractivity contribution in [2.24, 2.45) is 0 Å². The molecular formula is C12H12F3N3O2. The van der Waals surface area contributed by atoms with Crippen LogP contribution < -0.4 is 16.4 Å². The number of benzene rings is 1. The molecule has 1 unspecified atom stereocenters. The summed E-state index contributed by atoms with van der Waals surface area (Å²) in [5.41, 5.74) is -1.35. The molecule has 108 valence electrons. The third-order valence-electron chi connectivity index (χ3n) is 2.82. The summed E-state index contributed by atoms with van der Waals surface area (Å²) in [7, 11) is 0. The second kappa shape index (κ2) is 5.12. The molecule has 20 heavy (non-hydrogen) atoms. The van der Waals surface area contributed by atoms with Gasteiger partial charge >= 0.3 is 17.3 Å².